The van der Waals surface area contributed by atoms with Crippen LogP contribution in [-0.4, -0.2) is 5.78 Å². The molecule has 0 bridgehead atoms. The Balaban J connectivity index is 2.33. The quantitative estimate of drug-likeness (QED) is 0.662. The maximum Gasteiger partial charge on any atom is 0.194 e. The lowest BCUT2D eigenvalue weighted by molar-refractivity contribution is 0.103. The van der Waals surface area contributed by atoms with Gasteiger partial charge in [0, 0.05) is 20.6 Å². The highest BCUT2D eigenvalue weighted by Gasteiger charge is 2.13. The van der Waals surface area contributed by atoms with Gasteiger partial charge in [0.05, 0.1) is 0 Å². The smallest absolute Gasteiger partial charge is 0.194 e. The molecule has 0 aromatic heterocycles. The van der Waals surface area contributed by atoms with Gasteiger partial charge in [0.2, 0.25) is 0 Å². The third kappa shape index (κ3) is 3.71. The van der Waals surface area contributed by atoms with Crippen molar-refractivity contribution in [2.24, 2.45) is 5.92 Å². The number of hydrogen-bond acceptors (Lipinski definition) is 1. The molecule has 0 unspecified atom stereocenters. The second-order valence-electron chi connectivity index (χ2n) is 5.25. The van der Waals surface area contributed by atoms with E-state index in [1.807, 2.05) is 18.2 Å². The lowest BCUT2D eigenvalue weighted by Crippen LogP contribution is -2.04. The monoisotopic (exact) mass is 350 g/mol. The Labute approximate surface area is 133 Å². The van der Waals surface area contributed by atoms with Gasteiger partial charge in [0.1, 0.15) is 0 Å². The molecule has 0 heterocycles. The van der Waals surface area contributed by atoms with Crippen LogP contribution in [0.25, 0.3) is 0 Å². The molecule has 0 saturated carbocycles. The molecule has 2 aromatic carbocycles. The van der Waals surface area contributed by atoms with Crippen LogP contribution in [0, 0.1) is 5.92 Å². The number of carbonyl (C=O) groups excluding carboxylic acids is 1. The van der Waals surface area contributed by atoms with Crippen molar-refractivity contribution in [1.29, 1.82) is 0 Å². The number of rotatable bonds is 4. The fourth-order valence-electron chi connectivity index (χ4n) is 2.14. The highest BCUT2D eigenvalue weighted by molar-refractivity contribution is 9.10. The minimum Gasteiger partial charge on any atom is -0.289 e. The summed E-state index contributed by atoms with van der Waals surface area (Å²) in [6.07, 6.45) is 0.975. The second-order valence-corrected chi connectivity index (χ2v) is 6.54. The molecule has 0 aliphatic rings. The topological polar surface area (TPSA) is 17.1 Å². The maximum atomic E-state index is 12.5. The van der Waals surface area contributed by atoms with Crippen molar-refractivity contribution in [1.82, 2.24) is 0 Å². The van der Waals surface area contributed by atoms with Crippen molar-refractivity contribution in [3.63, 3.8) is 0 Å². The first kappa shape index (κ1) is 15.3. The summed E-state index contributed by atoms with van der Waals surface area (Å²) in [6.45, 7) is 4.34. The van der Waals surface area contributed by atoms with Gasteiger partial charge < -0.3 is 0 Å². The molecule has 2 rings (SSSR count). The molecule has 0 aliphatic carbocycles. The molecule has 0 radical (unpaired) electrons. The summed E-state index contributed by atoms with van der Waals surface area (Å²) in [5.74, 6) is 0.585. The van der Waals surface area contributed by atoms with Gasteiger partial charge in [-0.2, -0.15) is 0 Å². The van der Waals surface area contributed by atoms with Crippen LogP contribution in [0.3, 0.4) is 0 Å². The molecule has 0 amide bonds. The van der Waals surface area contributed by atoms with Gasteiger partial charge in [-0.15, -0.1) is 0 Å². The summed E-state index contributed by atoms with van der Waals surface area (Å²) in [7, 11) is 0. The van der Waals surface area contributed by atoms with Gasteiger partial charge >= 0.3 is 0 Å². The Morgan fingerprint density at radius 3 is 2.60 bits per heavy atom. The van der Waals surface area contributed by atoms with E-state index in [0.717, 1.165) is 10.9 Å². The number of hydrogen-bond donors (Lipinski definition) is 0. The summed E-state index contributed by atoms with van der Waals surface area (Å²) in [5, 5.41) is 0.613. The van der Waals surface area contributed by atoms with Crippen LogP contribution in [-0.2, 0) is 6.42 Å². The zero-order valence-electron chi connectivity index (χ0n) is 11.5. The third-order valence-corrected chi connectivity index (χ3v) is 3.90. The van der Waals surface area contributed by atoms with E-state index in [0.29, 0.717) is 22.1 Å². The lowest BCUT2D eigenvalue weighted by Gasteiger charge is -2.08. The largest absolute Gasteiger partial charge is 0.289 e. The first-order valence-corrected chi connectivity index (χ1v) is 7.73. The predicted molar refractivity (Wildman–Crippen MR) is 87.6 cm³/mol. The van der Waals surface area contributed by atoms with Crippen molar-refractivity contribution in [3.8, 4) is 0 Å². The molecule has 0 fully saturated rings. The highest BCUT2D eigenvalue weighted by atomic mass is 79.9. The lowest BCUT2D eigenvalue weighted by atomic mass is 9.97. The average molecular weight is 352 g/mol. The van der Waals surface area contributed by atoms with Crippen molar-refractivity contribution >= 4 is 33.3 Å². The van der Waals surface area contributed by atoms with Crippen LogP contribution < -0.4 is 0 Å². The van der Waals surface area contributed by atoms with Crippen LogP contribution in [0.4, 0.5) is 0 Å². The number of carbonyl (C=O) groups is 1. The Morgan fingerprint density at radius 1 is 1.20 bits per heavy atom. The van der Waals surface area contributed by atoms with Crippen molar-refractivity contribution in [3.05, 3.63) is 68.7 Å². The Hall–Kier alpha value is -1.12. The summed E-state index contributed by atoms with van der Waals surface area (Å²) >= 11 is 9.31. The van der Waals surface area contributed by atoms with Gasteiger partial charge in [-0.05, 0) is 58.1 Å². The third-order valence-electron chi connectivity index (χ3n) is 3.01. The molecule has 0 spiro atoms. The van der Waals surface area contributed by atoms with E-state index in [9.17, 15) is 4.79 Å². The predicted octanol–water partition coefficient (Wildman–Crippen LogP) is 5.53. The number of benzene rings is 2. The molecule has 20 heavy (non-hydrogen) atoms. The van der Waals surface area contributed by atoms with Crippen LogP contribution in [0.5, 0.6) is 0 Å². The molecule has 2 aromatic rings. The average Bonchev–Trinajstić information content (AvgIpc) is 2.37. The minimum absolute atomic E-state index is 0.0131. The van der Waals surface area contributed by atoms with E-state index in [1.54, 1.807) is 18.2 Å². The second kappa shape index (κ2) is 6.55. The van der Waals surface area contributed by atoms with Crippen LogP contribution in [0.1, 0.15) is 35.3 Å². The van der Waals surface area contributed by atoms with E-state index in [-0.39, 0.29) is 5.78 Å². The summed E-state index contributed by atoms with van der Waals surface area (Å²) in [4.78, 5) is 12.5. The molecule has 0 aliphatic heterocycles. The fourth-order valence-corrected chi connectivity index (χ4v) is 3.00. The molecule has 3 heteroatoms. The zero-order valence-corrected chi connectivity index (χ0v) is 13.8. The Morgan fingerprint density at radius 2 is 1.95 bits per heavy atom. The van der Waals surface area contributed by atoms with E-state index < -0.39 is 0 Å². The van der Waals surface area contributed by atoms with Gasteiger partial charge in [-0.25, -0.2) is 0 Å². The van der Waals surface area contributed by atoms with E-state index >= 15 is 0 Å². The molecular weight excluding hydrogens is 336 g/mol. The zero-order chi connectivity index (χ0) is 14.7. The van der Waals surface area contributed by atoms with Crippen molar-refractivity contribution < 1.29 is 4.79 Å². The van der Waals surface area contributed by atoms with E-state index in [1.165, 1.54) is 5.56 Å². The molecule has 104 valence electrons. The van der Waals surface area contributed by atoms with Gasteiger partial charge in [-0.3, -0.25) is 4.79 Å². The van der Waals surface area contributed by atoms with Gasteiger partial charge in [-0.1, -0.05) is 43.6 Å². The molecule has 1 nitrogen and oxygen atoms in total. The van der Waals surface area contributed by atoms with Crippen LogP contribution >= 0.6 is 27.5 Å². The SMILES string of the molecule is CC(C)Cc1cccc(C(=O)c2ccc(Cl)cc2Br)c1. The van der Waals surface area contributed by atoms with Gasteiger partial charge in [0.25, 0.3) is 0 Å². The fraction of sp³-hybridized carbons (Fsp3) is 0.235. The van der Waals surface area contributed by atoms with Crippen molar-refractivity contribution in [2.75, 3.05) is 0 Å². The van der Waals surface area contributed by atoms with Crippen molar-refractivity contribution in [2.45, 2.75) is 20.3 Å². The summed E-state index contributed by atoms with van der Waals surface area (Å²) in [5.41, 5.74) is 2.54. The normalized spacial score (nSPS) is 10.8. The summed E-state index contributed by atoms with van der Waals surface area (Å²) in [6, 6.07) is 13.1. The number of halogens is 2. The minimum atomic E-state index is 0.0131. The Bertz CT molecular complexity index is 635. The first-order valence-electron chi connectivity index (χ1n) is 6.56. The van der Waals surface area contributed by atoms with Crippen LogP contribution in [0.15, 0.2) is 46.9 Å². The Kier molecular flexibility index (Phi) is 5.00. The molecule has 0 atom stereocenters. The standard InChI is InChI=1S/C17H16BrClO/c1-11(2)8-12-4-3-5-13(9-12)17(20)15-7-6-14(19)10-16(15)18/h3-7,9-11H,8H2,1-2H3. The molecule has 0 N–H and O–H groups in total. The first-order chi connectivity index (χ1) is 9.47. The van der Waals surface area contributed by atoms with E-state index in [4.69, 9.17) is 11.6 Å². The van der Waals surface area contributed by atoms with Crippen LogP contribution in [0.2, 0.25) is 5.02 Å². The number of ketones is 1. The summed E-state index contributed by atoms with van der Waals surface area (Å²) < 4.78 is 0.726. The molecular formula is C17H16BrClO. The van der Waals surface area contributed by atoms with E-state index in [2.05, 4.69) is 35.8 Å². The highest BCUT2D eigenvalue weighted by Crippen LogP contribution is 2.24. The van der Waals surface area contributed by atoms with Gasteiger partial charge in [0.15, 0.2) is 5.78 Å². The molecule has 0 saturated heterocycles. The maximum absolute atomic E-state index is 12.5.